The largest absolute Gasteiger partial charge is 0.493 e. The Morgan fingerprint density at radius 3 is 2.43 bits per heavy atom. The third kappa shape index (κ3) is 5.08. The molecule has 1 amide bonds. The monoisotopic (exact) mass is 447 g/mol. The fraction of sp³-hybridized carbons (Fsp3) is 0.474. The van der Waals surface area contributed by atoms with Crippen LogP contribution in [-0.2, 0) is 0 Å². The maximum absolute atomic E-state index is 13.0. The first-order valence-corrected chi connectivity index (χ1v) is 9.54. The zero-order valence-corrected chi connectivity index (χ0v) is 18.9. The van der Waals surface area contributed by atoms with Crippen molar-refractivity contribution in [2.75, 3.05) is 34.4 Å². The minimum absolute atomic E-state index is 0. The summed E-state index contributed by atoms with van der Waals surface area (Å²) in [6, 6.07) is 5.97. The molecule has 156 valence electrons. The normalized spacial score (nSPS) is 13.9. The molecular formula is C19H27Cl2N3O3S. The van der Waals surface area contributed by atoms with Crippen molar-refractivity contribution in [3.8, 4) is 22.1 Å². The zero-order chi connectivity index (χ0) is 18.7. The van der Waals surface area contributed by atoms with Gasteiger partial charge >= 0.3 is 0 Å². The Morgan fingerprint density at radius 2 is 1.82 bits per heavy atom. The van der Waals surface area contributed by atoms with E-state index in [4.69, 9.17) is 9.47 Å². The van der Waals surface area contributed by atoms with Crippen molar-refractivity contribution >= 4 is 42.1 Å². The van der Waals surface area contributed by atoms with Gasteiger partial charge in [-0.1, -0.05) is 0 Å². The molecule has 0 radical (unpaired) electrons. The summed E-state index contributed by atoms with van der Waals surface area (Å²) in [4.78, 5) is 20.2. The number of carbonyl (C=O) groups is 1. The number of methoxy groups -OCH3 is 2. The molecule has 0 aliphatic carbocycles. The van der Waals surface area contributed by atoms with Crippen LogP contribution in [0.4, 0.5) is 0 Å². The van der Waals surface area contributed by atoms with Crippen LogP contribution in [0.3, 0.4) is 0 Å². The quantitative estimate of drug-likeness (QED) is 0.754. The molecule has 1 aromatic carbocycles. The van der Waals surface area contributed by atoms with Gasteiger partial charge in [-0.15, -0.1) is 36.2 Å². The number of ether oxygens (including phenoxy) is 2. The topological polar surface area (TPSA) is 63.7 Å². The Kier molecular flexibility index (Phi) is 9.50. The maximum Gasteiger partial charge on any atom is 0.265 e. The molecule has 0 spiro atoms. The number of nitrogens with one attached hydrogen (secondary N) is 1. The highest BCUT2D eigenvalue weighted by Gasteiger charge is 2.26. The number of aromatic nitrogens is 1. The molecule has 1 aromatic heterocycles. The van der Waals surface area contributed by atoms with Crippen LogP contribution >= 0.6 is 36.2 Å². The number of hydrogen-bond donors (Lipinski definition) is 1. The summed E-state index contributed by atoms with van der Waals surface area (Å²) in [6.07, 6.45) is 1.98. The highest BCUT2D eigenvalue weighted by Crippen LogP contribution is 2.35. The molecule has 6 nitrogen and oxygen atoms in total. The second-order valence-electron chi connectivity index (χ2n) is 6.40. The SMILES string of the molecule is COc1ccc(-c2nc(C)c(C(=O)N(C)C3CCNCC3)s2)cc1OC.Cl.Cl. The van der Waals surface area contributed by atoms with Crippen LogP contribution in [0.5, 0.6) is 11.5 Å². The molecule has 3 rings (SSSR count). The molecule has 28 heavy (non-hydrogen) atoms. The van der Waals surface area contributed by atoms with Crippen LogP contribution in [0.25, 0.3) is 10.6 Å². The molecule has 1 aliphatic rings. The van der Waals surface area contributed by atoms with Crippen molar-refractivity contribution in [2.24, 2.45) is 0 Å². The Labute approximate surface area is 182 Å². The molecule has 9 heteroatoms. The number of amides is 1. The fourth-order valence-electron chi connectivity index (χ4n) is 3.21. The second-order valence-corrected chi connectivity index (χ2v) is 7.40. The summed E-state index contributed by atoms with van der Waals surface area (Å²) in [5, 5.41) is 4.15. The number of hydrogen-bond acceptors (Lipinski definition) is 6. The number of rotatable bonds is 5. The molecule has 0 atom stereocenters. The third-order valence-corrected chi connectivity index (χ3v) is 5.99. The Morgan fingerprint density at radius 1 is 1.18 bits per heavy atom. The van der Waals surface area contributed by atoms with Crippen molar-refractivity contribution in [3.05, 3.63) is 28.8 Å². The molecule has 1 saturated heterocycles. The van der Waals surface area contributed by atoms with Crippen molar-refractivity contribution in [1.82, 2.24) is 15.2 Å². The molecule has 1 fully saturated rings. The standard InChI is InChI=1S/C19H25N3O3S.2ClH/c1-12-17(19(23)22(2)14-7-9-20-10-8-14)26-18(21-12)13-5-6-15(24-3)16(11-13)25-4;;/h5-6,11,14,20H,7-10H2,1-4H3;2*1H. The van der Waals surface area contributed by atoms with E-state index in [1.54, 1.807) is 14.2 Å². The van der Waals surface area contributed by atoms with E-state index in [-0.39, 0.29) is 36.8 Å². The lowest BCUT2D eigenvalue weighted by molar-refractivity contribution is 0.0707. The van der Waals surface area contributed by atoms with Gasteiger partial charge in [0, 0.05) is 18.7 Å². The lowest BCUT2D eigenvalue weighted by Gasteiger charge is -2.31. The van der Waals surface area contributed by atoms with Gasteiger partial charge < -0.3 is 19.7 Å². The molecule has 1 aliphatic heterocycles. The second kappa shape index (κ2) is 10.9. The number of thiazole rings is 1. The average Bonchev–Trinajstić information content (AvgIpc) is 3.08. The van der Waals surface area contributed by atoms with Gasteiger partial charge in [0.25, 0.3) is 5.91 Å². The minimum Gasteiger partial charge on any atom is -0.493 e. The number of nitrogens with zero attached hydrogens (tertiary/aromatic N) is 2. The molecule has 2 aromatic rings. The van der Waals surface area contributed by atoms with Crippen molar-refractivity contribution in [1.29, 1.82) is 0 Å². The van der Waals surface area contributed by atoms with E-state index >= 15 is 0 Å². The number of piperidine rings is 1. The van der Waals surface area contributed by atoms with Crippen LogP contribution in [0, 0.1) is 6.92 Å². The van der Waals surface area contributed by atoms with E-state index in [1.807, 2.05) is 37.1 Å². The van der Waals surface area contributed by atoms with Crippen molar-refractivity contribution in [3.63, 3.8) is 0 Å². The number of carbonyl (C=O) groups excluding carboxylic acids is 1. The highest BCUT2D eigenvalue weighted by atomic mass is 35.5. The average molecular weight is 448 g/mol. The van der Waals surface area contributed by atoms with E-state index < -0.39 is 0 Å². The van der Waals surface area contributed by atoms with Crippen LogP contribution in [-0.4, -0.2) is 56.2 Å². The fourth-order valence-corrected chi connectivity index (χ4v) is 4.25. The predicted octanol–water partition coefficient (Wildman–Crippen LogP) is 3.80. The highest BCUT2D eigenvalue weighted by molar-refractivity contribution is 7.17. The molecule has 0 bridgehead atoms. The van der Waals surface area contributed by atoms with E-state index in [0.717, 1.165) is 42.2 Å². The molecule has 0 unspecified atom stereocenters. The summed E-state index contributed by atoms with van der Waals surface area (Å²) in [5.41, 5.74) is 1.69. The van der Waals surface area contributed by atoms with Crippen LogP contribution in [0.15, 0.2) is 18.2 Å². The van der Waals surface area contributed by atoms with Gasteiger partial charge in [-0.05, 0) is 51.1 Å². The number of halogens is 2. The van der Waals surface area contributed by atoms with Gasteiger partial charge in [-0.25, -0.2) is 4.98 Å². The third-order valence-electron chi connectivity index (χ3n) is 4.80. The van der Waals surface area contributed by atoms with Gasteiger partial charge in [0.15, 0.2) is 11.5 Å². The van der Waals surface area contributed by atoms with Gasteiger partial charge in [0.2, 0.25) is 0 Å². The zero-order valence-electron chi connectivity index (χ0n) is 16.5. The summed E-state index contributed by atoms with van der Waals surface area (Å²) < 4.78 is 10.7. The molecular weight excluding hydrogens is 421 g/mol. The minimum atomic E-state index is 0. The van der Waals surface area contributed by atoms with Crippen molar-refractivity contribution in [2.45, 2.75) is 25.8 Å². The molecule has 1 N–H and O–H groups in total. The lowest BCUT2D eigenvalue weighted by Crippen LogP contribution is -2.43. The Hall–Kier alpha value is -1.54. The van der Waals surface area contributed by atoms with Crippen molar-refractivity contribution < 1.29 is 14.3 Å². The smallest absolute Gasteiger partial charge is 0.265 e. The number of benzene rings is 1. The number of aryl methyl sites for hydroxylation is 1. The summed E-state index contributed by atoms with van der Waals surface area (Å²) >= 11 is 1.43. The summed E-state index contributed by atoms with van der Waals surface area (Å²) in [5.74, 6) is 1.38. The molecule has 0 saturated carbocycles. The van der Waals surface area contributed by atoms with Crippen LogP contribution in [0.1, 0.15) is 28.2 Å². The first-order valence-electron chi connectivity index (χ1n) is 8.72. The van der Waals surface area contributed by atoms with Gasteiger partial charge in [-0.2, -0.15) is 0 Å². The van der Waals surface area contributed by atoms with Crippen LogP contribution < -0.4 is 14.8 Å². The summed E-state index contributed by atoms with van der Waals surface area (Å²) in [6.45, 7) is 3.81. The first kappa shape index (κ1) is 24.5. The van der Waals surface area contributed by atoms with Gasteiger partial charge in [-0.3, -0.25) is 4.79 Å². The molecule has 2 heterocycles. The van der Waals surface area contributed by atoms with E-state index in [0.29, 0.717) is 16.4 Å². The van der Waals surface area contributed by atoms with E-state index in [9.17, 15) is 4.79 Å². The van der Waals surface area contributed by atoms with E-state index in [2.05, 4.69) is 10.3 Å². The Bertz CT molecular complexity index is 795. The summed E-state index contributed by atoms with van der Waals surface area (Å²) in [7, 11) is 5.11. The van der Waals surface area contributed by atoms with Gasteiger partial charge in [0.1, 0.15) is 9.88 Å². The maximum atomic E-state index is 13.0. The first-order chi connectivity index (χ1) is 12.5. The van der Waals surface area contributed by atoms with E-state index in [1.165, 1.54) is 11.3 Å². The van der Waals surface area contributed by atoms with Gasteiger partial charge in [0.05, 0.1) is 19.9 Å². The Balaban J connectivity index is 0.00000196. The van der Waals surface area contributed by atoms with Crippen LogP contribution in [0.2, 0.25) is 0 Å². The lowest BCUT2D eigenvalue weighted by atomic mass is 10.1. The predicted molar refractivity (Wildman–Crippen MR) is 118 cm³/mol.